The Balaban J connectivity index is 1.76. The van der Waals surface area contributed by atoms with Crippen LogP contribution in [0, 0.1) is 10.8 Å². The molecule has 2 bridgehead atoms. The molecule has 2 atom stereocenters. The fraction of sp³-hybridized carbons (Fsp3) is 0.462. The second-order valence-electron chi connectivity index (χ2n) is 10.6. The number of allylic oxidation sites excluding steroid dienone is 2. The van der Waals surface area contributed by atoms with Gasteiger partial charge in [0.1, 0.15) is 5.70 Å². The van der Waals surface area contributed by atoms with Gasteiger partial charge in [-0.1, -0.05) is 32.9 Å². The number of carbonyl (C=O) groups is 2. The number of benzene rings is 1. The minimum atomic E-state index is -3.79. The van der Waals surface area contributed by atoms with E-state index in [4.69, 9.17) is 9.47 Å². The van der Waals surface area contributed by atoms with Crippen molar-refractivity contribution in [1.29, 1.82) is 0 Å². The number of methoxy groups -OCH3 is 2. The highest BCUT2D eigenvalue weighted by Crippen LogP contribution is 2.53. The zero-order chi connectivity index (χ0) is 25.6. The third kappa shape index (κ3) is 4.67. The van der Waals surface area contributed by atoms with Crippen molar-refractivity contribution >= 4 is 27.6 Å². The van der Waals surface area contributed by atoms with Crippen LogP contribution in [0.15, 0.2) is 64.9 Å². The van der Waals surface area contributed by atoms with Gasteiger partial charge in [0.2, 0.25) is 10.0 Å². The molecule has 1 saturated heterocycles. The summed E-state index contributed by atoms with van der Waals surface area (Å²) in [6.07, 6.45) is 8.94. The van der Waals surface area contributed by atoms with Crippen molar-refractivity contribution < 1.29 is 27.5 Å². The number of ether oxygens (including phenoxy) is 2. The Morgan fingerprint density at radius 3 is 2.43 bits per heavy atom. The molecule has 188 valence electrons. The summed E-state index contributed by atoms with van der Waals surface area (Å²) in [4.78, 5) is 26.7. The average molecular weight is 501 g/mol. The minimum absolute atomic E-state index is 0.00102. The van der Waals surface area contributed by atoms with E-state index in [1.807, 2.05) is 0 Å². The summed E-state index contributed by atoms with van der Waals surface area (Å²) >= 11 is 0. The Hall–Kier alpha value is -2.91. The second kappa shape index (κ2) is 8.95. The van der Waals surface area contributed by atoms with Gasteiger partial charge < -0.3 is 14.4 Å². The van der Waals surface area contributed by atoms with Crippen molar-refractivity contribution in [3.05, 3.63) is 60.0 Å². The van der Waals surface area contributed by atoms with Gasteiger partial charge in [-0.05, 0) is 60.4 Å². The van der Waals surface area contributed by atoms with Crippen LogP contribution >= 0.6 is 0 Å². The predicted octanol–water partition coefficient (Wildman–Crippen LogP) is 3.77. The Morgan fingerprint density at radius 1 is 1.03 bits per heavy atom. The van der Waals surface area contributed by atoms with Crippen LogP contribution in [0.4, 0.5) is 5.69 Å². The quantitative estimate of drug-likeness (QED) is 0.568. The van der Waals surface area contributed by atoms with Gasteiger partial charge in [-0.15, -0.1) is 0 Å². The molecular weight excluding hydrogens is 468 g/mol. The van der Waals surface area contributed by atoms with Gasteiger partial charge in [0.05, 0.1) is 24.7 Å². The van der Waals surface area contributed by atoms with Gasteiger partial charge in [0, 0.05) is 24.5 Å². The first kappa shape index (κ1) is 25.2. The molecule has 1 aliphatic carbocycles. The Morgan fingerprint density at radius 2 is 1.74 bits per heavy atom. The maximum Gasteiger partial charge on any atom is 0.355 e. The molecule has 8 nitrogen and oxygen atoms in total. The summed E-state index contributed by atoms with van der Waals surface area (Å²) in [7, 11) is -1.34. The molecule has 0 N–H and O–H groups in total. The van der Waals surface area contributed by atoms with E-state index in [9.17, 15) is 18.0 Å². The monoisotopic (exact) mass is 500 g/mol. The van der Waals surface area contributed by atoms with E-state index in [1.165, 1.54) is 31.3 Å². The van der Waals surface area contributed by atoms with Crippen LogP contribution in [-0.4, -0.2) is 51.5 Å². The molecule has 2 aliphatic heterocycles. The topological polar surface area (TPSA) is 93.2 Å². The Labute approximate surface area is 206 Å². The van der Waals surface area contributed by atoms with Crippen LogP contribution < -0.4 is 4.90 Å². The maximum absolute atomic E-state index is 13.8. The highest BCUT2D eigenvalue weighted by molar-refractivity contribution is 7.89. The molecule has 0 radical (unpaired) electrons. The molecule has 0 spiro atoms. The average Bonchev–Trinajstić information content (AvgIpc) is 2.94. The first-order valence-corrected chi connectivity index (χ1v) is 13.0. The van der Waals surface area contributed by atoms with Crippen molar-refractivity contribution in [3.63, 3.8) is 0 Å². The molecule has 2 fully saturated rings. The first-order chi connectivity index (χ1) is 16.4. The van der Waals surface area contributed by atoms with Crippen molar-refractivity contribution in [1.82, 2.24) is 4.31 Å². The van der Waals surface area contributed by atoms with E-state index >= 15 is 0 Å². The molecule has 1 aromatic carbocycles. The number of sulfonamides is 1. The van der Waals surface area contributed by atoms with Crippen molar-refractivity contribution in [3.8, 4) is 0 Å². The van der Waals surface area contributed by atoms with E-state index in [-0.39, 0.29) is 33.0 Å². The largest absolute Gasteiger partial charge is 0.465 e. The zero-order valence-electron chi connectivity index (χ0n) is 20.8. The summed E-state index contributed by atoms with van der Waals surface area (Å²) < 4.78 is 39.1. The number of anilines is 1. The summed E-state index contributed by atoms with van der Waals surface area (Å²) in [5.74, 6) is -1.46. The van der Waals surface area contributed by atoms with E-state index in [0.717, 1.165) is 19.3 Å². The number of fused-ring (bicyclic) bond motifs is 2. The molecule has 0 aromatic heterocycles. The maximum atomic E-state index is 13.8. The number of rotatable bonds is 5. The minimum Gasteiger partial charge on any atom is -0.465 e. The third-order valence-corrected chi connectivity index (χ3v) is 8.85. The highest BCUT2D eigenvalue weighted by atomic mass is 32.2. The van der Waals surface area contributed by atoms with E-state index < -0.39 is 22.0 Å². The SMILES string of the molecule is COC(=O)C1=C(C(=O)OC)N(c2cccc(S(=O)(=O)N3CC4(C)CC3CC(C)(C)C4)c2)C=CC=C1. The predicted molar refractivity (Wildman–Crippen MR) is 132 cm³/mol. The van der Waals surface area contributed by atoms with E-state index in [0.29, 0.717) is 12.2 Å². The standard InChI is InChI=1S/C26H32N2O6S/c1-25(2)14-19-15-26(3,16-25)17-28(19)35(31,32)20-10-8-9-18(13-20)27-12-7-6-11-21(23(29)33-4)22(27)24(30)34-5/h6-13,19H,14-17H2,1-5H3. The third-order valence-electron chi connectivity index (χ3n) is 6.96. The normalized spacial score (nSPS) is 26.0. The summed E-state index contributed by atoms with van der Waals surface area (Å²) in [5, 5.41) is 0. The highest BCUT2D eigenvalue weighted by Gasteiger charge is 2.53. The van der Waals surface area contributed by atoms with Gasteiger partial charge in [-0.2, -0.15) is 4.31 Å². The lowest BCUT2D eigenvalue weighted by molar-refractivity contribution is -0.139. The lowest BCUT2D eigenvalue weighted by Gasteiger charge is -2.39. The smallest absolute Gasteiger partial charge is 0.355 e. The van der Waals surface area contributed by atoms with Crippen LogP contribution in [0.1, 0.15) is 40.0 Å². The Bertz CT molecular complexity index is 1250. The lowest BCUT2D eigenvalue weighted by Crippen LogP contribution is -2.37. The fourth-order valence-electron chi connectivity index (χ4n) is 5.98. The second-order valence-corrected chi connectivity index (χ2v) is 12.5. The van der Waals surface area contributed by atoms with E-state index in [1.54, 1.807) is 40.9 Å². The molecule has 1 saturated carbocycles. The first-order valence-electron chi connectivity index (χ1n) is 11.6. The molecule has 3 aliphatic rings. The van der Waals surface area contributed by atoms with Crippen LogP contribution in [0.2, 0.25) is 0 Å². The fourth-order valence-corrected chi connectivity index (χ4v) is 7.80. The van der Waals surface area contributed by atoms with E-state index in [2.05, 4.69) is 20.8 Å². The van der Waals surface area contributed by atoms with Crippen molar-refractivity contribution in [2.24, 2.45) is 10.8 Å². The molecular formula is C26H32N2O6S. The van der Waals surface area contributed by atoms with Gasteiger partial charge in [0.15, 0.2) is 0 Å². The van der Waals surface area contributed by atoms with Gasteiger partial charge in [0.25, 0.3) is 0 Å². The summed E-state index contributed by atoms with van der Waals surface area (Å²) in [6.45, 7) is 7.06. The van der Waals surface area contributed by atoms with Crippen LogP contribution in [-0.2, 0) is 29.1 Å². The number of carbonyl (C=O) groups excluding carboxylic acids is 2. The number of hydrogen-bond acceptors (Lipinski definition) is 7. The van der Waals surface area contributed by atoms with Crippen LogP contribution in [0.25, 0.3) is 0 Å². The number of nitrogens with zero attached hydrogens (tertiary/aromatic N) is 2. The van der Waals surface area contributed by atoms with Crippen molar-refractivity contribution in [2.75, 3.05) is 25.7 Å². The van der Waals surface area contributed by atoms with Gasteiger partial charge in [-0.25, -0.2) is 18.0 Å². The van der Waals surface area contributed by atoms with Crippen LogP contribution in [0.5, 0.6) is 0 Å². The number of esters is 2. The molecule has 2 heterocycles. The van der Waals surface area contributed by atoms with Gasteiger partial charge in [-0.3, -0.25) is 0 Å². The molecule has 4 rings (SSSR count). The molecule has 1 aromatic rings. The molecule has 9 heteroatoms. The molecule has 0 amide bonds. The molecule has 2 unspecified atom stereocenters. The van der Waals surface area contributed by atoms with Crippen LogP contribution in [0.3, 0.4) is 0 Å². The molecule has 35 heavy (non-hydrogen) atoms. The van der Waals surface area contributed by atoms with Gasteiger partial charge >= 0.3 is 11.9 Å². The summed E-state index contributed by atoms with van der Waals surface area (Å²) in [5.41, 5.74) is 0.373. The van der Waals surface area contributed by atoms with Crippen molar-refractivity contribution in [2.45, 2.75) is 51.0 Å². The lowest BCUT2D eigenvalue weighted by atomic mass is 9.65. The number of hydrogen-bond donors (Lipinski definition) is 0. The Kier molecular flexibility index (Phi) is 6.44. The zero-order valence-corrected chi connectivity index (χ0v) is 21.6. The summed E-state index contributed by atoms with van der Waals surface area (Å²) in [6, 6.07) is 6.36.